The summed E-state index contributed by atoms with van der Waals surface area (Å²) in [5.74, 6) is 1.32. The van der Waals surface area contributed by atoms with Crippen molar-refractivity contribution in [2.24, 2.45) is 0 Å². The fraction of sp³-hybridized carbons (Fsp3) is 0.429. The topological polar surface area (TPSA) is 82.7 Å². The third-order valence-corrected chi connectivity index (χ3v) is 3.11. The average Bonchev–Trinajstić information content (AvgIpc) is 2.47. The van der Waals surface area contributed by atoms with Crippen LogP contribution in [0.4, 0.5) is 0 Å². The van der Waals surface area contributed by atoms with Gasteiger partial charge in [-0.1, -0.05) is 0 Å². The van der Waals surface area contributed by atoms with Gasteiger partial charge in [-0.2, -0.15) is 0 Å². The second-order valence-corrected chi connectivity index (χ2v) is 4.74. The Labute approximate surface area is 120 Å². The molecule has 0 saturated heterocycles. The zero-order valence-corrected chi connectivity index (χ0v) is 11.8. The second kappa shape index (κ2) is 5.61. The minimum Gasteiger partial charge on any atom is -0.485 e. The van der Waals surface area contributed by atoms with Gasteiger partial charge in [-0.05, 0) is 6.92 Å². The monoisotopic (exact) mass is 292 g/mol. The average molecular weight is 292 g/mol. The molecule has 1 aliphatic heterocycles. The summed E-state index contributed by atoms with van der Waals surface area (Å²) in [6, 6.07) is 1.68. The molecule has 112 valence electrons. The predicted molar refractivity (Wildman–Crippen MR) is 75.3 cm³/mol. The van der Waals surface area contributed by atoms with Gasteiger partial charge in [0.25, 0.3) is 5.56 Å². The van der Waals surface area contributed by atoms with Crippen molar-refractivity contribution in [1.82, 2.24) is 9.97 Å². The molecule has 21 heavy (non-hydrogen) atoms. The molecule has 1 N–H and O–H groups in total. The maximum Gasteiger partial charge on any atom is 0.262 e. The van der Waals surface area contributed by atoms with Crippen LogP contribution in [0.5, 0.6) is 17.2 Å². The summed E-state index contributed by atoms with van der Waals surface area (Å²) in [7, 11) is 1.61. The van der Waals surface area contributed by atoms with Gasteiger partial charge in [-0.3, -0.25) is 4.79 Å². The highest BCUT2D eigenvalue weighted by Gasteiger charge is 2.24. The van der Waals surface area contributed by atoms with Gasteiger partial charge in [0.15, 0.2) is 11.5 Å². The summed E-state index contributed by atoms with van der Waals surface area (Å²) < 4.78 is 22.1. The van der Waals surface area contributed by atoms with E-state index < -0.39 is 0 Å². The molecule has 0 aliphatic carbocycles. The number of aromatic nitrogens is 2. The highest BCUT2D eigenvalue weighted by molar-refractivity contribution is 5.89. The van der Waals surface area contributed by atoms with Crippen LogP contribution in [-0.2, 0) is 4.74 Å². The molecular weight excluding hydrogens is 276 g/mol. The van der Waals surface area contributed by atoms with E-state index in [1.165, 1.54) is 6.33 Å². The minimum absolute atomic E-state index is 0.163. The van der Waals surface area contributed by atoms with E-state index in [2.05, 4.69) is 9.97 Å². The number of hydrogen-bond acceptors (Lipinski definition) is 6. The predicted octanol–water partition coefficient (Wildman–Crippen LogP) is 1.11. The van der Waals surface area contributed by atoms with Crippen molar-refractivity contribution in [3.05, 3.63) is 22.7 Å². The van der Waals surface area contributed by atoms with Crippen LogP contribution in [-0.4, -0.2) is 43.0 Å². The van der Waals surface area contributed by atoms with Crippen molar-refractivity contribution >= 4 is 10.9 Å². The highest BCUT2D eigenvalue weighted by atomic mass is 16.6. The van der Waals surface area contributed by atoms with Gasteiger partial charge in [0, 0.05) is 13.2 Å². The van der Waals surface area contributed by atoms with Crippen LogP contribution < -0.4 is 19.8 Å². The van der Waals surface area contributed by atoms with Crippen molar-refractivity contribution < 1.29 is 18.9 Å². The quantitative estimate of drug-likeness (QED) is 0.909. The first-order valence-corrected chi connectivity index (χ1v) is 6.66. The third kappa shape index (κ3) is 2.52. The second-order valence-electron chi connectivity index (χ2n) is 4.74. The molecule has 0 radical (unpaired) electrons. The standard InChI is InChI=1S/C14H16N2O5/c1-8(6-18-2)21-10-5-9-11(14(17)16-7-15-9)13-12(10)19-3-4-20-13/h5,7-8H,3-4,6H2,1-2H3,(H,15,16,17). The summed E-state index contributed by atoms with van der Waals surface area (Å²) in [5, 5.41) is 0.374. The molecule has 1 aromatic heterocycles. The molecule has 0 saturated carbocycles. The molecule has 2 aromatic rings. The van der Waals surface area contributed by atoms with Gasteiger partial charge in [0.05, 0.1) is 18.5 Å². The molecule has 7 heteroatoms. The number of nitrogens with one attached hydrogen (secondary N) is 1. The third-order valence-electron chi connectivity index (χ3n) is 3.11. The number of nitrogens with zero attached hydrogens (tertiary/aromatic N) is 1. The lowest BCUT2D eigenvalue weighted by molar-refractivity contribution is 0.0858. The van der Waals surface area contributed by atoms with E-state index in [1.807, 2.05) is 6.92 Å². The minimum atomic E-state index is -0.266. The molecule has 3 rings (SSSR count). The lowest BCUT2D eigenvalue weighted by Gasteiger charge is -2.23. The van der Waals surface area contributed by atoms with Crippen LogP contribution in [0.3, 0.4) is 0 Å². The van der Waals surface area contributed by atoms with Crippen LogP contribution in [0.25, 0.3) is 10.9 Å². The summed E-state index contributed by atoms with van der Waals surface area (Å²) in [4.78, 5) is 18.7. The van der Waals surface area contributed by atoms with Crippen LogP contribution in [0.15, 0.2) is 17.2 Å². The zero-order valence-electron chi connectivity index (χ0n) is 11.8. The van der Waals surface area contributed by atoms with Crippen molar-refractivity contribution in [1.29, 1.82) is 0 Å². The molecule has 1 aliphatic rings. The van der Waals surface area contributed by atoms with Crippen molar-refractivity contribution in [3.8, 4) is 17.2 Å². The first-order valence-electron chi connectivity index (χ1n) is 6.66. The number of rotatable bonds is 4. The fourth-order valence-corrected chi connectivity index (χ4v) is 2.29. The normalized spacial score (nSPS) is 15.0. The maximum atomic E-state index is 12.0. The molecule has 2 heterocycles. The van der Waals surface area contributed by atoms with Gasteiger partial charge in [-0.25, -0.2) is 4.98 Å². The summed E-state index contributed by atoms with van der Waals surface area (Å²) >= 11 is 0. The Morgan fingerprint density at radius 3 is 2.90 bits per heavy atom. The number of methoxy groups -OCH3 is 1. The summed E-state index contributed by atoms with van der Waals surface area (Å²) in [6.45, 7) is 3.12. The number of benzene rings is 1. The molecule has 1 atom stereocenters. The Kier molecular flexibility index (Phi) is 3.66. The van der Waals surface area contributed by atoms with Gasteiger partial charge in [-0.15, -0.1) is 0 Å². The van der Waals surface area contributed by atoms with E-state index in [-0.39, 0.29) is 11.7 Å². The molecule has 0 amide bonds. The number of ether oxygens (including phenoxy) is 4. The van der Waals surface area contributed by atoms with Gasteiger partial charge >= 0.3 is 0 Å². The van der Waals surface area contributed by atoms with Crippen molar-refractivity contribution in [2.45, 2.75) is 13.0 Å². The first-order chi connectivity index (χ1) is 10.2. The highest BCUT2D eigenvalue weighted by Crippen LogP contribution is 2.43. The van der Waals surface area contributed by atoms with E-state index in [0.717, 1.165) is 0 Å². The smallest absolute Gasteiger partial charge is 0.262 e. The van der Waals surface area contributed by atoms with Gasteiger partial charge < -0.3 is 23.9 Å². The number of H-pyrrole nitrogens is 1. The van der Waals surface area contributed by atoms with Crippen molar-refractivity contribution in [3.63, 3.8) is 0 Å². The lowest BCUT2D eigenvalue weighted by atomic mass is 10.2. The van der Waals surface area contributed by atoms with Gasteiger partial charge in [0.1, 0.15) is 24.7 Å². The molecule has 0 fully saturated rings. The maximum absolute atomic E-state index is 12.0. The molecule has 1 aromatic carbocycles. The molecule has 0 spiro atoms. The number of aromatic amines is 1. The van der Waals surface area contributed by atoms with Crippen LogP contribution in [0, 0.1) is 0 Å². The van der Waals surface area contributed by atoms with Gasteiger partial charge in [0.2, 0.25) is 5.75 Å². The lowest BCUT2D eigenvalue weighted by Crippen LogP contribution is -2.22. The van der Waals surface area contributed by atoms with Crippen LogP contribution >= 0.6 is 0 Å². The fourth-order valence-electron chi connectivity index (χ4n) is 2.29. The SMILES string of the molecule is COCC(C)Oc1cc2nc[nH]c(=O)c2c2c1OCCO2. The largest absolute Gasteiger partial charge is 0.485 e. The molecule has 1 unspecified atom stereocenters. The Bertz CT molecular complexity index is 712. The molecule has 7 nitrogen and oxygen atoms in total. The number of fused-ring (bicyclic) bond motifs is 3. The van der Waals surface area contributed by atoms with Crippen molar-refractivity contribution in [2.75, 3.05) is 26.9 Å². The van der Waals surface area contributed by atoms with E-state index in [9.17, 15) is 4.79 Å². The number of hydrogen-bond donors (Lipinski definition) is 1. The summed E-state index contributed by atoms with van der Waals surface area (Å²) in [6.07, 6.45) is 1.19. The van der Waals surface area contributed by atoms with E-state index in [0.29, 0.717) is 48.0 Å². The Morgan fingerprint density at radius 1 is 1.38 bits per heavy atom. The van der Waals surface area contributed by atoms with E-state index in [4.69, 9.17) is 18.9 Å². The summed E-state index contributed by atoms with van der Waals surface area (Å²) in [5.41, 5.74) is 0.237. The molecule has 0 bridgehead atoms. The van der Waals surface area contributed by atoms with Crippen LogP contribution in [0.1, 0.15) is 6.92 Å². The Morgan fingerprint density at radius 2 is 2.14 bits per heavy atom. The van der Waals surface area contributed by atoms with Crippen LogP contribution in [0.2, 0.25) is 0 Å². The van der Waals surface area contributed by atoms with E-state index >= 15 is 0 Å². The van der Waals surface area contributed by atoms with E-state index in [1.54, 1.807) is 13.2 Å². The zero-order chi connectivity index (χ0) is 14.8. The Balaban J connectivity index is 2.14. The Hall–Kier alpha value is -2.28. The molecular formula is C14H16N2O5. The first kappa shape index (κ1) is 13.7.